The van der Waals surface area contributed by atoms with E-state index in [0.29, 0.717) is 19.1 Å². The molecular weight excluding hydrogens is 280 g/mol. The van der Waals surface area contributed by atoms with Gasteiger partial charge in [-0.3, -0.25) is 9.59 Å². The molecule has 1 aromatic carbocycles. The van der Waals surface area contributed by atoms with Crippen molar-refractivity contribution in [3.8, 4) is 5.75 Å². The fourth-order valence-electron chi connectivity index (χ4n) is 1.83. The molecule has 0 unspecified atom stereocenters. The normalized spacial score (nSPS) is 10.5. The van der Waals surface area contributed by atoms with Gasteiger partial charge in [-0.2, -0.15) is 0 Å². The zero-order valence-corrected chi connectivity index (χ0v) is 12.8. The second kappa shape index (κ2) is 7.45. The van der Waals surface area contributed by atoms with Crippen LogP contribution < -0.4 is 15.5 Å². The van der Waals surface area contributed by atoms with Gasteiger partial charge < -0.3 is 15.0 Å². The molecule has 0 spiro atoms. The molecule has 0 saturated heterocycles. The third-order valence-corrected chi connectivity index (χ3v) is 3.03. The summed E-state index contributed by atoms with van der Waals surface area (Å²) in [6.07, 6.45) is 1.43. The van der Waals surface area contributed by atoms with Crippen molar-refractivity contribution in [1.82, 2.24) is 10.3 Å². The Morgan fingerprint density at radius 1 is 1.27 bits per heavy atom. The molecule has 0 aliphatic carbocycles. The minimum absolute atomic E-state index is 0.198. The zero-order valence-electron chi connectivity index (χ0n) is 12.8. The molecule has 116 valence electrons. The highest BCUT2D eigenvalue weighted by atomic mass is 16.5. The minimum Gasteiger partial charge on any atom is -0.483 e. The summed E-state index contributed by atoms with van der Waals surface area (Å²) in [6.45, 7) is 4.88. The minimum atomic E-state index is -0.315. The number of hydrogen-bond donors (Lipinski definition) is 2. The number of H-pyrrole nitrogens is 1. The van der Waals surface area contributed by atoms with Gasteiger partial charge in [-0.05, 0) is 11.5 Å². The van der Waals surface area contributed by atoms with Gasteiger partial charge in [-0.15, -0.1) is 0 Å². The Morgan fingerprint density at radius 3 is 2.64 bits per heavy atom. The van der Waals surface area contributed by atoms with Crippen LogP contribution in [-0.2, 0) is 6.61 Å². The Labute approximate surface area is 129 Å². The van der Waals surface area contributed by atoms with Crippen LogP contribution in [-0.4, -0.2) is 17.4 Å². The van der Waals surface area contributed by atoms with Crippen molar-refractivity contribution in [2.75, 3.05) is 6.54 Å². The van der Waals surface area contributed by atoms with E-state index in [0.717, 1.165) is 5.56 Å². The average molecular weight is 300 g/mol. The molecule has 2 N–H and O–H groups in total. The second-order valence-electron chi connectivity index (χ2n) is 5.45. The van der Waals surface area contributed by atoms with Crippen molar-refractivity contribution in [3.63, 3.8) is 0 Å². The molecule has 1 amide bonds. The molecule has 1 aromatic heterocycles. The average Bonchev–Trinajstić information content (AvgIpc) is 2.52. The van der Waals surface area contributed by atoms with E-state index in [1.165, 1.54) is 12.3 Å². The summed E-state index contributed by atoms with van der Waals surface area (Å²) in [7, 11) is 0. The van der Waals surface area contributed by atoms with E-state index in [2.05, 4.69) is 10.3 Å². The van der Waals surface area contributed by atoms with Crippen LogP contribution in [0.4, 0.5) is 0 Å². The van der Waals surface area contributed by atoms with Crippen LogP contribution in [0.2, 0.25) is 0 Å². The van der Waals surface area contributed by atoms with E-state index >= 15 is 0 Å². The Hall–Kier alpha value is -2.56. The molecule has 0 saturated carbocycles. The van der Waals surface area contributed by atoms with Crippen molar-refractivity contribution >= 4 is 5.91 Å². The molecule has 0 fully saturated rings. The summed E-state index contributed by atoms with van der Waals surface area (Å²) in [6, 6.07) is 10.8. The van der Waals surface area contributed by atoms with E-state index in [1.54, 1.807) is 0 Å². The third kappa shape index (κ3) is 4.48. The summed E-state index contributed by atoms with van der Waals surface area (Å²) in [5.74, 6) is 0.258. The van der Waals surface area contributed by atoms with Crippen molar-refractivity contribution in [1.29, 1.82) is 0 Å². The molecular formula is C17H20N2O3. The molecule has 0 aliphatic heterocycles. The van der Waals surface area contributed by atoms with Crippen LogP contribution in [0.15, 0.2) is 47.4 Å². The predicted octanol–water partition coefficient (Wildman–Crippen LogP) is 2.34. The van der Waals surface area contributed by atoms with Crippen LogP contribution in [0, 0.1) is 5.92 Å². The predicted molar refractivity (Wildman–Crippen MR) is 85.0 cm³/mol. The monoisotopic (exact) mass is 300 g/mol. The first-order chi connectivity index (χ1) is 10.6. The van der Waals surface area contributed by atoms with Gasteiger partial charge in [-0.25, -0.2) is 0 Å². The summed E-state index contributed by atoms with van der Waals surface area (Å²) in [5, 5.41) is 2.75. The molecule has 22 heavy (non-hydrogen) atoms. The molecule has 0 aliphatic rings. The van der Waals surface area contributed by atoms with Crippen molar-refractivity contribution in [2.45, 2.75) is 20.5 Å². The number of hydrogen-bond acceptors (Lipinski definition) is 3. The molecule has 5 nitrogen and oxygen atoms in total. The maximum absolute atomic E-state index is 12.0. The molecule has 0 radical (unpaired) electrons. The second-order valence-corrected chi connectivity index (χ2v) is 5.45. The number of benzene rings is 1. The van der Waals surface area contributed by atoms with Gasteiger partial charge in [-0.1, -0.05) is 44.2 Å². The first-order valence-electron chi connectivity index (χ1n) is 7.24. The third-order valence-electron chi connectivity index (χ3n) is 3.03. The Kier molecular flexibility index (Phi) is 5.36. The van der Waals surface area contributed by atoms with Crippen molar-refractivity contribution < 1.29 is 9.53 Å². The topological polar surface area (TPSA) is 71.2 Å². The van der Waals surface area contributed by atoms with Gasteiger partial charge in [0.25, 0.3) is 5.91 Å². The molecule has 0 bridgehead atoms. The number of aromatic nitrogens is 1. The van der Waals surface area contributed by atoms with Gasteiger partial charge in [0.15, 0.2) is 5.75 Å². The summed E-state index contributed by atoms with van der Waals surface area (Å²) in [5.41, 5.74) is 0.891. The Morgan fingerprint density at radius 2 is 2.00 bits per heavy atom. The first-order valence-corrected chi connectivity index (χ1v) is 7.24. The lowest BCUT2D eigenvalue weighted by Gasteiger charge is -2.09. The smallest absolute Gasteiger partial charge is 0.267 e. The Bertz CT molecular complexity index is 678. The van der Waals surface area contributed by atoms with Crippen LogP contribution in [0.25, 0.3) is 0 Å². The number of amides is 1. The van der Waals surface area contributed by atoms with Gasteiger partial charge >= 0.3 is 0 Å². The zero-order chi connectivity index (χ0) is 15.9. The molecule has 0 atom stereocenters. The maximum atomic E-state index is 12.0. The highest BCUT2D eigenvalue weighted by Crippen LogP contribution is 2.07. The van der Waals surface area contributed by atoms with Crippen molar-refractivity contribution in [2.24, 2.45) is 5.92 Å². The lowest BCUT2D eigenvalue weighted by Crippen LogP contribution is -2.29. The fourth-order valence-corrected chi connectivity index (χ4v) is 1.83. The Balaban J connectivity index is 2.00. The van der Waals surface area contributed by atoms with Crippen LogP contribution in [0.3, 0.4) is 0 Å². The number of pyridine rings is 1. The summed E-state index contributed by atoms with van der Waals surface area (Å²) >= 11 is 0. The van der Waals surface area contributed by atoms with E-state index in [-0.39, 0.29) is 22.8 Å². The van der Waals surface area contributed by atoms with Crippen LogP contribution in [0.5, 0.6) is 5.75 Å². The number of ether oxygens (including phenoxy) is 1. The van der Waals surface area contributed by atoms with Crippen molar-refractivity contribution in [3.05, 3.63) is 64.1 Å². The number of aromatic amines is 1. The number of rotatable bonds is 6. The lowest BCUT2D eigenvalue weighted by molar-refractivity contribution is 0.0944. The maximum Gasteiger partial charge on any atom is 0.267 e. The van der Waals surface area contributed by atoms with Gasteiger partial charge in [0.05, 0.1) is 0 Å². The largest absolute Gasteiger partial charge is 0.483 e. The quantitative estimate of drug-likeness (QED) is 0.860. The van der Waals surface area contributed by atoms with Crippen LogP contribution in [0.1, 0.15) is 29.9 Å². The van der Waals surface area contributed by atoms with Gasteiger partial charge in [0.2, 0.25) is 5.43 Å². The van der Waals surface area contributed by atoms with E-state index in [1.807, 2.05) is 44.2 Å². The molecule has 5 heteroatoms. The van der Waals surface area contributed by atoms with Crippen LogP contribution >= 0.6 is 0 Å². The fraction of sp³-hybridized carbons (Fsp3) is 0.294. The highest BCUT2D eigenvalue weighted by Gasteiger charge is 2.10. The molecule has 2 aromatic rings. The molecule has 2 rings (SSSR count). The van der Waals surface area contributed by atoms with E-state index < -0.39 is 0 Å². The number of nitrogens with one attached hydrogen (secondary N) is 2. The van der Waals surface area contributed by atoms with Gasteiger partial charge in [0.1, 0.15) is 12.3 Å². The highest BCUT2D eigenvalue weighted by molar-refractivity contribution is 5.92. The number of carbonyl (C=O) groups excluding carboxylic acids is 1. The SMILES string of the molecule is CC(C)CNC(=O)c1cc(=O)c(OCc2ccccc2)c[nH]1. The summed E-state index contributed by atoms with van der Waals surface area (Å²) < 4.78 is 5.48. The first kappa shape index (κ1) is 15.8. The van der Waals surface area contributed by atoms with E-state index in [9.17, 15) is 9.59 Å². The number of carbonyl (C=O) groups is 1. The lowest BCUT2D eigenvalue weighted by atomic mass is 10.2. The molecule has 1 heterocycles. The van der Waals surface area contributed by atoms with E-state index in [4.69, 9.17) is 4.74 Å². The summed E-state index contributed by atoms with van der Waals surface area (Å²) in [4.78, 5) is 26.6. The van der Waals surface area contributed by atoms with Gasteiger partial charge in [0, 0.05) is 18.8 Å². The standard InChI is InChI=1S/C17H20N2O3/c1-12(2)9-19-17(21)14-8-15(20)16(10-18-14)22-11-13-6-4-3-5-7-13/h3-8,10,12H,9,11H2,1-2H3,(H,18,20)(H,19,21).